The fourth-order valence-corrected chi connectivity index (χ4v) is 3.83. The Kier molecular flexibility index (Phi) is 8.99. The average molecular weight is 466 g/mol. The molecule has 0 fully saturated rings. The Morgan fingerprint density at radius 2 is 2.09 bits per heavy atom. The fraction of sp³-hybridized carbons (Fsp3) is 0.500. The van der Waals surface area contributed by atoms with Crippen LogP contribution in [0.2, 0.25) is 0 Å². The molecule has 0 saturated heterocycles. The molecular weight excluding hydrogens is 430 g/mol. The molecular formula is C26H35N5O3. The Morgan fingerprint density at radius 3 is 2.76 bits per heavy atom. The van der Waals surface area contributed by atoms with Crippen LogP contribution in [0.1, 0.15) is 35.5 Å². The van der Waals surface area contributed by atoms with E-state index in [1.54, 1.807) is 23.4 Å². The van der Waals surface area contributed by atoms with Gasteiger partial charge >= 0.3 is 0 Å². The summed E-state index contributed by atoms with van der Waals surface area (Å²) in [5, 5.41) is 9.82. The number of hydrogen-bond donors (Lipinski definition) is 1. The van der Waals surface area contributed by atoms with Crippen LogP contribution in [0.5, 0.6) is 5.88 Å². The van der Waals surface area contributed by atoms with Gasteiger partial charge in [0.1, 0.15) is 11.7 Å². The molecule has 34 heavy (non-hydrogen) atoms. The second kappa shape index (κ2) is 11.9. The van der Waals surface area contributed by atoms with Crippen molar-refractivity contribution < 1.29 is 14.6 Å². The Balaban J connectivity index is 1.89. The third kappa shape index (κ3) is 6.76. The molecule has 0 spiro atoms. The number of pyridine rings is 2. The fourth-order valence-electron chi connectivity index (χ4n) is 3.83. The minimum atomic E-state index is -0.323. The number of nitrogens with zero attached hydrogens (tertiary/aromatic N) is 5. The Labute approximate surface area is 202 Å². The van der Waals surface area contributed by atoms with Crippen molar-refractivity contribution in [1.82, 2.24) is 24.7 Å². The molecule has 8 heteroatoms. The minimum Gasteiger partial charge on any atom is -0.472 e. The molecule has 1 amide bonds. The molecule has 0 aromatic carbocycles. The van der Waals surface area contributed by atoms with E-state index in [4.69, 9.17) is 4.74 Å². The van der Waals surface area contributed by atoms with Crippen LogP contribution in [0.25, 0.3) is 0 Å². The van der Waals surface area contributed by atoms with Crippen molar-refractivity contribution in [2.24, 2.45) is 5.92 Å². The molecule has 0 saturated carbocycles. The summed E-state index contributed by atoms with van der Waals surface area (Å²) in [6.45, 7) is 6.20. The van der Waals surface area contributed by atoms with Gasteiger partial charge in [0.2, 0.25) is 5.88 Å². The van der Waals surface area contributed by atoms with E-state index in [2.05, 4.69) is 33.6 Å². The molecule has 0 bridgehead atoms. The van der Waals surface area contributed by atoms with E-state index < -0.39 is 0 Å². The van der Waals surface area contributed by atoms with E-state index in [-0.39, 0.29) is 30.6 Å². The number of fused-ring (bicyclic) bond motifs is 1. The number of carbonyl (C=O) groups is 1. The quantitative estimate of drug-likeness (QED) is 0.624. The van der Waals surface area contributed by atoms with Crippen LogP contribution in [0.3, 0.4) is 0 Å². The number of likely N-dealkylation sites (N-methyl/N-ethyl adjacent to an activating group) is 1. The number of hydrogen-bond acceptors (Lipinski definition) is 7. The van der Waals surface area contributed by atoms with Gasteiger partial charge in [0.25, 0.3) is 5.91 Å². The number of carbonyl (C=O) groups excluding carboxylic acids is 1. The van der Waals surface area contributed by atoms with Crippen LogP contribution >= 0.6 is 0 Å². The number of ether oxygens (including phenoxy) is 1. The van der Waals surface area contributed by atoms with Gasteiger partial charge in [0, 0.05) is 43.5 Å². The molecule has 182 valence electrons. The number of amides is 1. The highest BCUT2D eigenvalue weighted by atomic mass is 16.5. The number of aliphatic hydroxyl groups is 1. The zero-order valence-electron chi connectivity index (χ0n) is 20.7. The van der Waals surface area contributed by atoms with E-state index in [1.807, 2.05) is 51.2 Å². The van der Waals surface area contributed by atoms with E-state index in [0.717, 1.165) is 5.69 Å². The van der Waals surface area contributed by atoms with Crippen LogP contribution in [-0.4, -0.2) is 95.2 Å². The van der Waals surface area contributed by atoms with Gasteiger partial charge in [-0.2, -0.15) is 0 Å². The van der Waals surface area contributed by atoms with Crippen molar-refractivity contribution in [2.75, 3.05) is 47.4 Å². The van der Waals surface area contributed by atoms with Crippen molar-refractivity contribution in [3.05, 3.63) is 53.5 Å². The van der Waals surface area contributed by atoms with Gasteiger partial charge in [-0.1, -0.05) is 24.8 Å². The van der Waals surface area contributed by atoms with E-state index in [9.17, 15) is 9.90 Å². The lowest BCUT2D eigenvalue weighted by Gasteiger charge is -2.37. The summed E-state index contributed by atoms with van der Waals surface area (Å²) in [7, 11) is 5.93. The molecule has 2 aromatic rings. The van der Waals surface area contributed by atoms with Crippen LogP contribution in [0, 0.1) is 17.8 Å². The maximum Gasteiger partial charge on any atom is 0.259 e. The monoisotopic (exact) mass is 465 g/mol. The third-order valence-electron chi connectivity index (χ3n) is 5.80. The molecule has 8 nitrogen and oxygen atoms in total. The van der Waals surface area contributed by atoms with Crippen molar-refractivity contribution in [3.8, 4) is 17.7 Å². The predicted molar refractivity (Wildman–Crippen MR) is 131 cm³/mol. The first-order valence-corrected chi connectivity index (χ1v) is 11.6. The van der Waals surface area contributed by atoms with Gasteiger partial charge in [-0.25, -0.2) is 4.98 Å². The second-order valence-corrected chi connectivity index (χ2v) is 9.26. The van der Waals surface area contributed by atoms with E-state index in [0.29, 0.717) is 43.2 Å². The number of rotatable bonds is 7. The molecule has 1 N–H and O–H groups in total. The highest BCUT2D eigenvalue weighted by Gasteiger charge is 2.34. The molecule has 3 rings (SSSR count). The highest BCUT2D eigenvalue weighted by molar-refractivity contribution is 5.97. The summed E-state index contributed by atoms with van der Waals surface area (Å²) in [4.78, 5) is 28.2. The highest BCUT2D eigenvalue weighted by Crippen LogP contribution is 2.27. The van der Waals surface area contributed by atoms with Crippen molar-refractivity contribution in [2.45, 2.75) is 32.5 Å². The van der Waals surface area contributed by atoms with E-state index >= 15 is 0 Å². The Morgan fingerprint density at radius 1 is 1.29 bits per heavy atom. The smallest absolute Gasteiger partial charge is 0.259 e. The predicted octanol–water partition coefficient (Wildman–Crippen LogP) is 1.74. The summed E-state index contributed by atoms with van der Waals surface area (Å²) in [6, 6.07) is 7.30. The van der Waals surface area contributed by atoms with Crippen LogP contribution < -0.4 is 4.74 Å². The van der Waals surface area contributed by atoms with Gasteiger partial charge < -0.3 is 14.7 Å². The molecule has 2 aromatic heterocycles. The van der Waals surface area contributed by atoms with Crippen LogP contribution in [0.4, 0.5) is 0 Å². The van der Waals surface area contributed by atoms with Gasteiger partial charge in [-0.3, -0.25) is 19.6 Å². The summed E-state index contributed by atoms with van der Waals surface area (Å²) >= 11 is 0. The Hall–Kier alpha value is -2.99. The molecule has 0 radical (unpaired) electrons. The third-order valence-corrected chi connectivity index (χ3v) is 5.80. The second-order valence-electron chi connectivity index (χ2n) is 9.26. The standard InChI is InChI=1S/C26H35N5O3/c1-19-15-31(20(2)18-32)26(33)23-13-21(9-8-12-29(3)4)14-28-25(23)34-24(19)17-30(5)16-22-10-6-7-11-27-22/h6-7,10-11,13-14,19-20,24,32H,12,15-18H2,1-5H3/t19-,20+,24-/m1/s1. The summed E-state index contributed by atoms with van der Waals surface area (Å²) in [5.74, 6) is 6.29. The number of aromatic nitrogens is 2. The van der Waals surface area contributed by atoms with Gasteiger partial charge in [0.05, 0.1) is 24.9 Å². The molecule has 3 atom stereocenters. The lowest BCUT2D eigenvalue weighted by molar-refractivity contribution is 0.0324. The topological polar surface area (TPSA) is 82.0 Å². The normalized spacial score (nSPS) is 19.1. The SMILES string of the molecule is C[C@@H]1CN([C@@H](C)CO)C(=O)c2cc(C#CCN(C)C)cnc2O[C@@H]1CN(C)Cc1ccccn1. The van der Waals surface area contributed by atoms with Gasteiger partial charge in [-0.15, -0.1) is 0 Å². The summed E-state index contributed by atoms with van der Waals surface area (Å²) < 4.78 is 6.35. The zero-order chi connectivity index (χ0) is 24.7. The lowest BCUT2D eigenvalue weighted by atomic mass is 10.00. The first-order valence-electron chi connectivity index (χ1n) is 11.6. The van der Waals surface area contributed by atoms with Crippen molar-refractivity contribution >= 4 is 5.91 Å². The molecule has 0 unspecified atom stereocenters. The first kappa shape index (κ1) is 25.6. The largest absolute Gasteiger partial charge is 0.472 e. The molecule has 1 aliphatic rings. The summed E-state index contributed by atoms with van der Waals surface area (Å²) in [6.07, 6.45) is 3.24. The van der Waals surface area contributed by atoms with Crippen LogP contribution in [-0.2, 0) is 6.54 Å². The molecule has 1 aliphatic heterocycles. The molecule has 0 aliphatic carbocycles. The Bertz CT molecular complexity index is 1020. The number of aliphatic hydroxyl groups excluding tert-OH is 1. The van der Waals surface area contributed by atoms with Crippen molar-refractivity contribution in [3.63, 3.8) is 0 Å². The average Bonchev–Trinajstić information content (AvgIpc) is 2.81. The maximum atomic E-state index is 13.5. The van der Waals surface area contributed by atoms with Crippen LogP contribution in [0.15, 0.2) is 36.7 Å². The first-order chi connectivity index (χ1) is 16.3. The van der Waals surface area contributed by atoms with Crippen molar-refractivity contribution in [1.29, 1.82) is 0 Å². The maximum absolute atomic E-state index is 13.5. The summed E-state index contributed by atoms with van der Waals surface area (Å²) in [5.41, 5.74) is 2.02. The van der Waals surface area contributed by atoms with E-state index in [1.165, 1.54) is 0 Å². The zero-order valence-corrected chi connectivity index (χ0v) is 20.7. The van der Waals surface area contributed by atoms with Gasteiger partial charge in [-0.05, 0) is 46.3 Å². The van der Waals surface area contributed by atoms with Gasteiger partial charge in [0.15, 0.2) is 0 Å². The minimum absolute atomic E-state index is 0.0265. The lowest BCUT2D eigenvalue weighted by Crippen LogP contribution is -2.49. The molecule has 3 heterocycles.